The van der Waals surface area contributed by atoms with E-state index >= 15 is 0 Å². The first kappa shape index (κ1) is 11.0. The summed E-state index contributed by atoms with van der Waals surface area (Å²) in [6.45, 7) is 8.56. The van der Waals surface area contributed by atoms with Gasteiger partial charge in [0.1, 0.15) is 0 Å². The van der Waals surface area contributed by atoms with Crippen LogP contribution in [0.25, 0.3) is 0 Å². The lowest BCUT2D eigenvalue weighted by Gasteiger charge is -2.17. The number of nitrogen functional groups attached to an aromatic ring is 1. The van der Waals surface area contributed by atoms with E-state index < -0.39 is 0 Å². The number of hydrogen-bond donors (Lipinski definition) is 1. The van der Waals surface area contributed by atoms with Gasteiger partial charge < -0.3 is 5.73 Å². The van der Waals surface area contributed by atoms with Crippen molar-refractivity contribution in [1.29, 1.82) is 0 Å². The van der Waals surface area contributed by atoms with Crippen molar-refractivity contribution in [3.63, 3.8) is 0 Å². The normalized spacial score (nSPS) is 11.6. The van der Waals surface area contributed by atoms with Gasteiger partial charge in [0.15, 0.2) is 5.82 Å². The van der Waals surface area contributed by atoms with Gasteiger partial charge in [0.05, 0.1) is 11.7 Å². The first-order chi connectivity index (χ1) is 6.61. The van der Waals surface area contributed by atoms with Crippen molar-refractivity contribution in [3.05, 3.63) is 5.69 Å². The van der Waals surface area contributed by atoms with Crippen LogP contribution in [0.3, 0.4) is 0 Å². The molecule has 1 aromatic heterocycles. The molecule has 0 amide bonds. The maximum atomic E-state index is 5.80. The Morgan fingerprint density at radius 3 is 2.29 bits per heavy atom. The number of nitrogens with zero attached hydrogens (tertiary/aromatic N) is 3. The van der Waals surface area contributed by atoms with Crippen molar-refractivity contribution in [1.82, 2.24) is 15.0 Å². The fraction of sp³-hybridized carbons (Fsp3) is 0.800. The lowest BCUT2D eigenvalue weighted by atomic mass is 10.1. The fourth-order valence-corrected chi connectivity index (χ4v) is 1.78. The van der Waals surface area contributed by atoms with E-state index in [0.717, 1.165) is 18.5 Å². The van der Waals surface area contributed by atoms with E-state index in [1.165, 1.54) is 0 Å². The molecule has 0 saturated carbocycles. The Bertz CT molecular complexity index is 286. The van der Waals surface area contributed by atoms with Gasteiger partial charge in [-0.3, -0.25) is 0 Å². The molecule has 80 valence electrons. The summed E-state index contributed by atoms with van der Waals surface area (Å²) < 4.78 is 1.99. The first-order valence-corrected chi connectivity index (χ1v) is 5.32. The molecule has 0 aliphatic carbocycles. The third-order valence-corrected chi connectivity index (χ3v) is 2.59. The van der Waals surface area contributed by atoms with Gasteiger partial charge in [0.25, 0.3) is 0 Å². The largest absolute Gasteiger partial charge is 0.381 e. The number of rotatable bonds is 4. The van der Waals surface area contributed by atoms with Crippen LogP contribution in [0.4, 0.5) is 5.82 Å². The fourth-order valence-electron chi connectivity index (χ4n) is 1.78. The molecule has 0 bridgehead atoms. The van der Waals surface area contributed by atoms with Gasteiger partial charge >= 0.3 is 0 Å². The zero-order valence-electron chi connectivity index (χ0n) is 9.49. The molecular formula is C10H20N4. The van der Waals surface area contributed by atoms with Crippen LogP contribution in [0.2, 0.25) is 0 Å². The van der Waals surface area contributed by atoms with Gasteiger partial charge in [-0.2, -0.15) is 0 Å². The summed E-state index contributed by atoms with van der Waals surface area (Å²) in [5, 5.41) is 8.07. The molecule has 0 unspecified atom stereocenters. The van der Waals surface area contributed by atoms with Crippen LogP contribution in [0.1, 0.15) is 58.2 Å². The molecule has 0 aliphatic rings. The highest BCUT2D eigenvalue weighted by Gasteiger charge is 2.18. The lowest BCUT2D eigenvalue weighted by Crippen LogP contribution is -2.13. The number of aromatic nitrogens is 3. The summed E-state index contributed by atoms with van der Waals surface area (Å²) in [7, 11) is 0. The summed E-state index contributed by atoms with van der Waals surface area (Å²) >= 11 is 0. The van der Waals surface area contributed by atoms with E-state index in [4.69, 9.17) is 5.73 Å². The van der Waals surface area contributed by atoms with Crippen molar-refractivity contribution in [2.24, 2.45) is 0 Å². The van der Waals surface area contributed by atoms with Crippen LogP contribution in [-0.2, 0) is 0 Å². The minimum Gasteiger partial charge on any atom is -0.381 e. The molecule has 2 N–H and O–H groups in total. The average Bonchev–Trinajstić information content (AvgIpc) is 2.50. The molecule has 4 nitrogen and oxygen atoms in total. The van der Waals surface area contributed by atoms with E-state index in [1.54, 1.807) is 0 Å². The lowest BCUT2D eigenvalue weighted by molar-refractivity contribution is 0.400. The van der Waals surface area contributed by atoms with Crippen LogP contribution in [-0.4, -0.2) is 15.0 Å². The topological polar surface area (TPSA) is 56.7 Å². The number of nitrogens with two attached hydrogens (primary N) is 1. The summed E-state index contributed by atoms with van der Waals surface area (Å²) in [6, 6.07) is 0.428. The highest BCUT2D eigenvalue weighted by molar-refractivity contribution is 5.35. The minimum absolute atomic E-state index is 0.380. The van der Waals surface area contributed by atoms with Crippen molar-refractivity contribution in [2.75, 3.05) is 5.73 Å². The Morgan fingerprint density at radius 1 is 1.29 bits per heavy atom. The second-order valence-electron chi connectivity index (χ2n) is 3.93. The van der Waals surface area contributed by atoms with Crippen molar-refractivity contribution in [2.45, 2.75) is 52.5 Å². The standard InChI is InChI=1S/C10H20N4/c1-5-8(6-2)14-9(7(3)4)10(11)12-13-14/h7-8H,5-6,11H2,1-4H3. The Morgan fingerprint density at radius 2 is 1.86 bits per heavy atom. The monoisotopic (exact) mass is 196 g/mol. The molecule has 0 radical (unpaired) electrons. The average molecular weight is 196 g/mol. The van der Waals surface area contributed by atoms with Crippen LogP contribution in [0.15, 0.2) is 0 Å². The second kappa shape index (κ2) is 4.44. The molecule has 1 rings (SSSR count). The third-order valence-electron chi connectivity index (χ3n) is 2.59. The van der Waals surface area contributed by atoms with E-state index in [1.807, 2.05) is 4.68 Å². The quantitative estimate of drug-likeness (QED) is 0.804. The summed E-state index contributed by atoms with van der Waals surface area (Å²) in [5.74, 6) is 0.956. The van der Waals surface area contributed by atoms with E-state index in [-0.39, 0.29) is 0 Å². The van der Waals surface area contributed by atoms with Crippen LogP contribution >= 0.6 is 0 Å². The van der Waals surface area contributed by atoms with Gasteiger partial charge in [-0.25, -0.2) is 4.68 Å². The maximum absolute atomic E-state index is 5.80. The van der Waals surface area contributed by atoms with Crippen molar-refractivity contribution >= 4 is 5.82 Å². The van der Waals surface area contributed by atoms with Crippen LogP contribution in [0.5, 0.6) is 0 Å². The highest BCUT2D eigenvalue weighted by Crippen LogP contribution is 2.25. The van der Waals surface area contributed by atoms with Crippen molar-refractivity contribution in [3.8, 4) is 0 Å². The number of anilines is 1. The predicted molar refractivity (Wildman–Crippen MR) is 58.1 cm³/mol. The molecule has 0 atom stereocenters. The van der Waals surface area contributed by atoms with Gasteiger partial charge in [-0.1, -0.05) is 32.9 Å². The zero-order chi connectivity index (χ0) is 10.7. The second-order valence-corrected chi connectivity index (χ2v) is 3.93. The molecule has 0 spiro atoms. The third kappa shape index (κ3) is 1.89. The van der Waals surface area contributed by atoms with Gasteiger partial charge in [0, 0.05) is 0 Å². The Balaban J connectivity index is 3.07. The van der Waals surface area contributed by atoms with E-state index in [2.05, 4.69) is 38.0 Å². The molecule has 0 aliphatic heterocycles. The molecule has 14 heavy (non-hydrogen) atoms. The summed E-state index contributed by atoms with van der Waals surface area (Å²) in [4.78, 5) is 0. The molecule has 4 heteroatoms. The van der Waals surface area contributed by atoms with Crippen LogP contribution < -0.4 is 5.73 Å². The van der Waals surface area contributed by atoms with E-state index in [9.17, 15) is 0 Å². The van der Waals surface area contributed by atoms with Gasteiger partial charge in [-0.15, -0.1) is 5.10 Å². The Labute approximate surface area is 85.5 Å². The SMILES string of the molecule is CCC(CC)n1nnc(N)c1C(C)C. The molecule has 0 aromatic carbocycles. The zero-order valence-corrected chi connectivity index (χ0v) is 9.49. The molecular weight excluding hydrogens is 176 g/mol. The smallest absolute Gasteiger partial charge is 0.169 e. The molecule has 1 aromatic rings. The molecule has 0 fully saturated rings. The van der Waals surface area contributed by atoms with E-state index in [0.29, 0.717) is 17.8 Å². The Hall–Kier alpha value is -1.06. The Kier molecular flexibility index (Phi) is 3.49. The van der Waals surface area contributed by atoms with Crippen LogP contribution in [0, 0.1) is 0 Å². The van der Waals surface area contributed by atoms with Gasteiger partial charge in [0.2, 0.25) is 0 Å². The predicted octanol–water partition coefficient (Wildman–Crippen LogP) is 2.34. The minimum atomic E-state index is 0.380. The number of hydrogen-bond acceptors (Lipinski definition) is 3. The molecule has 1 heterocycles. The maximum Gasteiger partial charge on any atom is 0.169 e. The highest BCUT2D eigenvalue weighted by atomic mass is 15.5. The molecule has 0 saturated heterocycles. The summed E-state index contributed by atoms with van der Waals surface area (Å²) in [6.07, 6.45) is 2.14. The van der Waals surface area contributed by atoms with Crippen molar-refractivity contribution < 1.29 is 0 Å². The first-order valence-electron chi connectivity index (χ1n) is 5.32. The van der Waals surface area contributed by atoms with Gasteiger partial charge in [-0.05, 0) is 18.8 Å². The summed E-state index contributed by atoms with van der Waals surface area (Å²) in [5.41, 5.74) is 6.86.